The van der Waals surface area contributed by atoms with Crippen molar-refractivity contribution in [3.63, 3.8) is 0 Å². The molecule has 1 aromatic heterocycles. The van der Waals surface area contributed by atoms with E-state index in [1.165, 1.54) is 16.5 Å². The summed E-state index contributed by atoms with van der Waals surface area (Å²) in [6, 6.07) is 8.36. The van der Waals surface area contributed by atoms with Gasteiger partial charge in [-0.3, -0.25) is 9.79 Å². The Bertz CT molecular complexity index is 730. The zero-order chi connectivity index (χ0) is 19.3. The van der Waals surface area contributed by atoms with Crippen LogP contribution < -0.4 is 10.6 Å². The lowest BCUT2D eigenvalue weighted by Crippen LogP contribution is -2.38. The molecule has 0 spiro atoms. The minimum atomic E-state index is -0.0876. The van der Waals surface area contributed by atoms with Crippen molar-refractivity contribution < 1.29 is 9.53 Å². The molecule has 0 saturated carbocycles. The van der Waals surface area contributed by atoms with E-state index in [-0.39, 0.29) is 29.9 Å². The van der Waals surface area contributed by atoms with Crippen LogP contribution in [0.1, 0.15) is 44.6 Å². The molecule has 0 saturated heterocycles. The molecule has 28 heavy (non-hydrogen) atoms. The van der Waals surface area contributed by atoms with Gasteiger partial charge in [0.15, 0.2) is 5.96 Å². The second-order valence-corrected chi connectivity index (χ2v) is 6.50. The first-order chi connectivity index (χ1) is 13.2. The Morgan fingerprint density at radius 2 is 1.86 bits per heavy atom. The Balaban J connectivity index is 0.00000392. The third kappa shape index (κ3) is 8.50. The van der Waals surface area contributed by atoms with E-state index in [0.717, 1.165) is 51.2 Å². The first-order valence-electron chi connectivity index (χ1n) is 9.89. The molecule has 0 fully saturated rings. The number of carbonyl (C=O) groups is 1. The van der Waals surface area contributed by atoms with Crippen LogP contribution in [0.25, 0.3) is 10.9 Å². The molecule has 156 valence electrons. The van der Waals surface area contributed by atoms with Crippen LogP contribution in [-0.2, 0) is 16.0 Å². The third-order valence-electron chi connectivity index (χ3n) is 4.49. The number of fused-ring (bicyclic) bond motifs is 1. The van der Waals surface area contributed by atoms with Gasteiger partial charge in [-0.2, -0.15) is 0 Å². The molecular weight excluding hydrogens is 467 g/mol. The second-order valence-electron chi connectivity index (χ2n) is 6.50. The number of para-hydroxylation sites is 1. The highest BCUT2D eigenvalue weighted by molar-refractivity contribution is 14.0. The molecule has 0 aliphatic heterocycles. The summed E-state index contributed by atoms with van der Waals surface area (Å²) in [5, 5.41) is 8.00. The van der Waals surface area contributed by atoms with E-state index in [4.69, 9.17) is 4.74 Å². The maximum atomic E-state index is 11.3. The van der Waals surface area contributed by atoms with Gasteiger partial charge in [-0.05, 0) is 37.8 Å². The van der Waals surface area contributed by atoms with Crippen LogP contribution in [0.2, 0.25) is 0 Å². The zero-order valence-electron chi connectivity index (χ0n) is 16.9. The highest BCUT2D eigenvalue weighted by Gasteiger charge is 2.04. The molecule has 0 amide bonds. The number of nitrogens with one attached hydrogen (secondary N) is 3. The van der Waals surface area contributed by atoms with Crippen LogP contribution in [0.5, 0.6) is 0 Å². The average Bonchev–Trinajstić information content (AvgIpc) is 3.09. The maximum Gasteiger partial charge on any atom is 0.305 e. The minimum Gasteiger partial charge on any atom is -0.466 e. The zero-order valence-corrected chi connectivity index (χ0v) is 19.3. The lowest BCUT2D eigenvalue weighted by atomic mass is 10.1. The third-order valence-corrected chi connectivity index (χ3v) is 4.49. The Morgan fingerprint density at radius 1 is 1.11 bits per heavy atom. The number of hydrogen-bond acceptors (Lipinski definition) is 3. The summed E-state index contributed by atoms with van der Waals surface area (Å²) < 4.78 is 4.93. The second kappa shape index (κ2) is 14.3. The van der Waals surface area contributed by atoms with Gasteiger partial charge in [0.25, 0.3) is 0 Å². The van der Waals surface area contributed by atoms with Gasteiger partial charge in [0, 0.05) is 43.7 Å². The number of aromatic nitrogens is 1. The Morgan fingerprint density at radius 3 is 2.64 bits per heavy atom. The number of benzene rings is 1. The van der Waals surface area contributed by atoms with Gasteiger partial charge in [0.1, 0.15) is 0 Å². The summed E-state index contributed by atoms with van der Waals surface area (Å²) in [6.45, 7) is 4.02. The van der Waals surface area contributed by atoms with E-state index in [9.17, 15) is 4.79 Å². The van der Waals surface area contributed by atoms with E-state index < -0.39 is 0 Å². The normalized spacial score (nSPS) is 11.1. The van der Waals surface area contributed by atoms with Crippen molar-refractivity contribution in [2.45, 2.75) is 45.4 Å². The van der Waals surface area contributed by atoms with Crippen LogP contribution in [0.3, 0.4) is 0 Å². The molecule has 1 aromatic carbocycles. The largest absolute Gasteiger partial charge is 0.466 e. The monoisotopic (exact) mass is 500 g/mol. The highest BCUT2D eigenvalue weighted by Crippen LogP contribution is 2.17. The predicted molar refractivity (Wildman–Crippen MR) is 127 cm³/mol. The van der Waals surface area contributed by atoms with Gasteiger partial charge in [0.05, 0.1) is 6.61 Å². The van der Waals surface area contributed by atoms with Gasteiger partial charge in [-0.15, -0.1) is 24.0 Å². The van der Waals surface area contributed by atoms with Crippen molar-refractivity contribution in [3.8, 4) is 0 Å². The predicted octanol–water partition coefficient (Wildman–Crippen LogP) is 4.01. The summed E-state index contributed by atoms with van der Waals surface area (Å²) in [5.41, 5.74) is 2.49. The number of ether oxygens (including phenoxy) is 1. The van der Waals surface area contributed by atoms with E-state index >= 15 is 0 Å². The van der Waals surface area contributed by atoms with Gasteiger partial charge in [0.2, 0.25) is 0 Å². The number of unbranched alkanes of at least 4 members (excludes halogenated alkanes) is 3. The topological polar surface area (TPSA) is 78.5 Å². The van der Waals surface area contributed by atoms with Crippen LogP contribution in [0.4, 0.5) is 0 Å². The molecule has 0 aliphatic rings. The number of esters is 1. The quantitative estimate of drug-likeness (QED) is 0.143. The molecular formula is C21H33IN4O2. The fourth-order valence-electron chi connectivity index (χ4n) is 3.06. The number of H-pyrrole nitrogens is 1. The molecule has 7 heteroatoms. The summed E-state index contributed by atoms with van der Waals surface area (Å²) in [6.07, 6.45) is 7.66. The first kappa shape index (κ1) is 24.3. The lowest BCUT2D eigenvalue weighted by molar-refractivity contribution is -0.143. The van der Waals surface area contributed by atoms with E-state index in [2.05, 4.69) is 45.0 Å². The number of hydrogen-bond donors (Lipinski definition) is 3. The van der Waals surface area contributed by atoms with E-state index in [0.29, 0.717) is 13.0 Å². The summed E-state index contributed by atoms with van der Waals surface area (Å²) in [4.78, 5) is 18.8. The van der Waals surface area contributed by atoms with Crippen LogP contribution in [-0.4, -0.2) is 43.7 Å². The number of halogens is 1. The van der Waals surface area contributed by atoms with Crippen molar-refractivity contribution in [2.75, 3.05) is 26.7 Å². The number of rotatable bonds is 11. The van der Waals surface area contributed by atoms with Gasteiger partial charge in [-0.25, -0.2) is 0 Å². The standard InChI is InChI=1S/C21H32N4O2.HI/c1-3-27-20(26)12-6-4-5-9-14-23-21(22-2)24-15-13-17-16-25-19-11-8-7-10-18(17)19;/h7-8,10-11,16,25H,3-6,9,12-15H2,1-2H3,(H2,22,23,24);1H. The Kier molecular flexibility index (Phi) is 12.4. The SMILES string of the molecule is CCOC(=O)CCCCCCNC(=NC)NCCc1c[nH]c2ccccc12.I. The number of nitrogens with zero attached hydrogens (tertiary/aromatic N) is 1. The smallest absolute Gasteiger partial charge is 0.305 e. The first-order valence-corrected chi connectivity index (χ1v) is 9.89. The molecule has 2 aromatic rings. The van der Waals surface area contributed by atoms with Crippen LogP contribution >= 0.6 is 24.0 Å². The number of guanidine groups is 1. The van der Waals surface area contributed by atoms with Crippen LogP contribution in [0, 0.1) is 0 Å². The molecule has 0 radical (unpaired) electrons. The summed E-state index contributed by atoms with van der Waals surface area (Å²) in [7, 11) is 1.79. The number of aromatic amines is 1. The molecule has 2 rings (SSSR count). The summed E-state index contributed by atoms with van der Waals surface area (Å²) >= 11 is 0. The van der Waals surface area contributed by atoms with Crippen molar-refractivity contribution in [2.24, 2.45) is 4.99 Å². The molecule has 6 nitrogen and oxygen atoms in total. The lowest BCUT2D eigenvalue weighted by Gasteiger charge is -2.11. The highest BCUT2D eigenvalue weighted by atomic mass is 127. The van der Waals surface area contributed by atoms with Crippen molar-refractivity contribution in [1.82, 2.24) is 15.6 Å². The minimum absolute atomic E-state index is 0. The number of aliphatic imine (C=N–C) groups is 1. The fourth-order valence-corrected chi connectivity index (χ4v) is 3.06. The molecule has 0 bridgehead atoms. The maximum absolute atomic E-state index is 11.3. The van der Waals surface area contributed by atoms with Gasteiger partial charge < -0.3 is 20.4 Å². The van der Waals surface area contributed by atoms with Crippen LogP contribution in [0.15, 0.2) is 35.5 Å². The molecule has 0 atom stereocenters. The van der Waals surface area contributed by atoms with Crippen molar-refractivity contribution in [1.29, 1.82) is 0 Å². The van der Waals surface area contributed by atoms with Gasteiger partial charge >= 0.3 is 5.97 Å². The summed E-state index contributed by atoms with van der Waals surface area (Å²) in [5.74, 6) is 0.747. The van der Waals surface area contributed by atoms with E-state index in [1.54, 1.807) is 7.05 Å². The van der Waals surface area contributed by atoms with Crippen molar-refractivity contribution >= 4 is 46.8 Å². The number of carbonyl (C=O) groups excluding carboxylic acids is 1. The molecule has 3 N–H and O–H groups in total. The molecule has 0 unspecified atom stereocenters. The fraction of sp³-hybridized carbons (Fsp3) is 0.524. The van der Waals surface area contributed by atoms with E-state index in [1.807, 2.05) is 13.0 Å². The molecule has 1 heterocycles. The Labute approximate surface area is 184 Å². The van der Waals surface area contributed by atoms with Crippen molar-refractivity contribution in [3.05, 3.63) is 36.0 Å². The molecule has 0 aliphatic carbocycles. The Hall–Kier alpha value is -1.77. The average molecular weight is 500 g/mol. The van der Waals surface area contributed by atoms with Gasteiger partial charge in [-0.1, -0.05) is 31.0 Å².